The number of fused-ring (bicyclic) bond motifs is 2. The van der Waals surface area contributed by atoms with Crippen LogP contribution in [0.3, 0.4) is 0 Å². The SMILES string of the molecule is CC(C)(C)CC(=O)N1CCCC1C(=O)N1CCC2CCC(C1)N2. The Morgan fingerprint density at radius 2 is 1.78 bits per heavy atom. The first kappa shape index (κ1) is 16.7. The molecule has 23 heavy (non-hydrogen) atoms. The van der Waals surface area contributed by atoms with E-state index in [1.54, 1.807) is 0 Å². The molecule has 5 heteroatoms. The molecule has 0 radical (unpaired) electrons. The number of nitrogens with zero attached hydrogens (tertiary/aromatic N) is 2. The Balaban J connectivity index is 1.64. The number of carbonyl (C=O) groups is 2. The predicted octanol–water partition coefficient (Wildman–Crippen LogP) is 1.77. The second kappa shape index (κ2) is 6.42. The van der Waals surface area contributed by atoms with Crippen molar-refractivity contribution in [3.63, 3.8) is 0 Å². The summed E-state index contributed by atoms with van der Waals surface area (Å²) in [5.41, 5.74) is -0.0288. The van der Waals surface area contributed by atoms with Gasteiger partial charge in [-0.05, 0) is 37.5 Å². The minimum Gasteiger partial charge on any atom is -0.339 e. The van der Waals surface area contributed by atoms with E-state index in [0.29, 0.717) is 18.5 Å². The molecule has 3 aliphatic rings. The minimum atomic E-state index is -0.221. The summed E-state index contributed by atoms with van der Waals surface area (Å²) in [7, 11) is 0. The van der Waals surface area contributed by atoms with Crippen molar-refractivity contribution in [1.82, 2.24) is 15.1 Å². The Hall–Kier alpha value is -1.10. The average Bonchev–Trinajstić information content (AvgIpc) is 3.03. The smallest absolute Gasteiger partial charge is 0.245 e. The standard InChI is InChI=1S/C18H31N3O2/c1-18(2,3)11-16(22)21-9-4-5-15(21)17(23)20-10-8-13-6-7-14(12-20)19-13/h13-15,19H,4-12H2,1-3H3. The van der Waals surface area contributed by atoms with E-state index in [2.05, 4.69) is 26.1 Å². The molecule has 3 atom stereocenters. The number of hydrogen-bond donors (Lipinski definition) is 1. The van der Waals surface area contributed by atoms with E-state index < -0.39 is 0 Å². The number of likely N-dealkylation sites (tertiary alicyclic amines) is 2. The van der Waals surface area contributed by atoms with Crippen molar-refractivity contribution in [2.45, 2.75) is 77.4 Å². The van der Waals surface area contributed by atoms with Crippen LogP contribution in [0.15, 0.2) is 0 Å². The van der Waals surface area contributed by atoms with Gasteiger partial charge in [0.2, 0.25) is 11.8 Å². The van der Waals surface area contributed by atoms with E-state index in [1.807, 2.05) is 9.80 Å². The number of nitrogens with one attached hydrogen (secondary N) is 1. The molecule has 0 aromatic rings. The lowest BCUT2D eigenvalue weighted by Crippen LogP contribution is -2.50. The van der Waals surface area contributed by atoms with E-state index in [-0.39, 0.29) is 23.3 Å². The van der Waals surface area contributed by atoms with Crippen LogP contribution >= 0.6 is 0 Å². The Kier molecular flexibility index (Phi) is 4.68. The number of rotatable bonds is 2. The molecule has 2 amide bonds. The molecule has 3 saturated heterocycles. The zero-order valence-corrected chi connectivity index (χ0v) is 14.8. The van der Waals surface area contributed by atoms with Gasteiger partial charge in [-0.2, -0.15) is 0 Å². The third kappa shape index (κ3) is 3.87. The number of amides is 2. The quantitative estimate of drug-likeness (QED) is 0.843. The van der Waals surface area contributed by atoms with Crippen LogP contribution in [0.1, 0.15) is 59.3 Å². The fourth-order valence-corrected chi connectivity index (χ4v) is 4.23. The highest BCUT2D eigenvalue weighted by Crippen LogP contribution is 2.27. The van der Waals surface area contributed by atoms with Crippen LogP contribution in [0.5, 0.6) is 0 Å². The molecule has 3 aliphatic heterocycles. The maximum absolute atomic E-state index is 13.0. The summed E-state index contributed by atoms with van der Waals surface area (Å²) in [5.74, 6) is 0.321. The van der Waals surface area contributed by atoms with Gasteiger partial charge < -0.3 is 15.1 Å². The number of hydrogen-bond acceptors (Lipinski definition) is 3. The van der Waals surface area contributed by atoms with Crippen LogP contribution in [-0.4, -0.2) is 59.4 Å². The summed E-state index contributed by atoms with van der Waals surface area (Å²) in [6.45, 7) is 8.63. The molecule has 5 nitrogen and oxygen atoms in total. The lowest BCUT2D eigenvalue weighted by molar-refractivity contribution is -0.144. The summed E-state index contributed by atoms with van der Waals surface area (Å²) >= 11 is 0. The summed E-state index contributed by atoms with van der Waals surface area (Å²) in [6, 6.07) is 0.813. The van der Waals surface area contributed by atoms with Crippen LogP contribution in [0.4, 0.5) is 0 Å². The fourth-order valence-electron chi connectivity index (χ4n) is 4.23. The topological polar surface area (TPSA) is 52.7 Å². The van der Waals surface area contributed by atoms with Crippen molar-refractivity contribution in [1.29, 1.82) is 0 Å². The molecular weight excluding hydrogens is 290 g/mol. The first-order valence-electron chi connectivity index (χ1n) is 9.18. The van der Waals surface area contributed by atoms with Gasteiger partial charge in [0.25, 0.3) is 0 Å². The predicted molar refractivity (Wildman–Crippen MR) is 89.9 cm³/mol. The highest BCUT2D eigenvalue weighted by molar-refractivity contribution is 5.88. The molecule has 3 fully saturated rings. The Morgan fingerprint density at radius 3 is 2.52 bits per heavy atom. The molecular formula is C18H31N3O2. The van der Waals surface area contributed by atoms with Gasteiger partial charge in [-0.25, -0.2) is 0 Å². The lowest BCUT2D eigenvalue weighted by atomic mass is 9.91. The average molecular weight is 321 g/mol. The zero-order valence-electron chi connectivity index (χ0n) is 14.8. The molecule has 1 N–H and O–H groups in total. The van der Waals surface area contributed by atoms with Crippen molar-refractivity contribution in [3.05, 3.63) is 0 Å². The fraction of sp³-hybridized carbons (Fsp3) is 0.889. The van der Waals surface area contributed by atoms with Crippen molar-refractivity contribution in [2.24, 2.45) is 5.41 Å². The van der Waals surface area contributed by atoms with E-state index in [0.717, 1.165) is 38.9 Å². The lowest BCUT2D eigenvalue weighted by Gasteiger charge is -2.32. The molecule has 2 bridgehead atoms. The van der Waals surface area contributed by atoms with Gasteiger partial charge in [-0.3, -0.25) is 9.59 Å². The molecule has 3 heterocycles. The maximum Gasteiger partial charge on any atom is 0.245 e. The van der Waals surface area contributed by atoms with Gasteiger partial charge >= 0.3 is 0 Å². The van der Waals surface area contributed by atoms with Gasteiger partial charge in [0.1, 0.15) is 6.04 Å². The Labute approximate surface area is 139 Å². The van der Waals surface area contributed by atoms with Crippen LogP contribution in [0.25, 0.3) is 0 Å². The molecule has 0 spiro atoms. The second-order valence-electron chi connectivity index (χ2n) is 8.69. The monoisotopic (exact) mass is 321 g/mol. The van der Waals surface area contributed by atoms with E-state index >= 15 is 0 Å². The summed E-state index contributed by atoms with van der Waals surface area (Å²) in [5, 5.41) is 3.62. The van der Waals surface area contributed by atoms with Crippen molar-refractivity contribution in [2.75, 3.05) is 19.6 Å². The van der Waals surface area contributed by atoms with Crippen LogP contribution < -0.4 is 5.32 Å². The van der Waals surface area contributed by atoms with E-state index in [1.165, 1.54) is 12.8 Å². The normalized spacial score (nSPS) is 31.3. The van der Waals surface area contributed by atoms with Gasteiger partial charge in [-0.1, -0.05) is 20.8 Å². The zero-order chi connectivity index (χ0) is 16.6. The largest absolute Gasteiger partial charge is 0.339 e. The molecule has 3 rings (SSSR count). The van der Waals surface area contributed by atoms with Gasteiger partial charge in [0.05, 0.1) is 0 Å². The Bertz CT molecular complexity index is 471. The third-order valence-electron chi connectivity index (χ3n) is 5.37. The van der Waals surface area contributed by atoms with Gasteiger partial charge in [-0.15, -0.1) is 0 Å². The molecule has 0 aromatic carbocycles. The van der Waals surface area contributed by atoms with E-state index in [4.69, 9.17) is 0 Å². The van der Waals surface area contributed by atoms with Crippen molar-refractivity contribution >= 4 is 11.8 Å². The van der Waals surface area contributed by atoms with Gasteiger partial charge in [0, 0.05) is 38.1 Å². The molecule has 0 aliphatic carbocycles. The molecule has 0 aromatic heterocycles. The van der Waals surface area contributed by atoms with Gasteiger partial charge in [0.15, 0.2) is 0 Å². The van der Waals surface area contributed by atoms with Crippen molar-refractivity contribution in [3.8, 4) is 0 Å². The molecule has 0 saturated carbocycles. The highest BCUT2D eigenvalue weighted by Gasteiger charge is 2.39. The molecule has 130 valence electrons. The van der Waals surface area contributed by atoms with Crippen LogP contribution in [0, 0.1) is 5.41 Å². The summed E-state index contributed by atoms with van der Waals surface area (Å²) in [6.07, 6.45) is 5.75. The first-order valence-corrected chi connectivity index (χ1v) is 9.18. The maximum atomic E-state index is 13.0. The van der Waals surface area contributed by atoms with Crippen molar-refractivity contribution < 1.29 is 9.59 Å². The highest BCUT2D eigenvalue weighted by atomic mass is 16.2. The van der Waals surface area contributed by atoms with Crippen LogP contribution in [-0.2, 0) is 9.59 Å². The third-order valence-corrected chi connectivity index (χ3v) is 5.37. The Morgan fingerprint density at radius 1 is 1.04 bits per heavy atom. The van der Waals surface area contributed by atoms with Crippen LogP contribution in [0.2, 0.25) is 0 Å². The summed E-state index contributed by atoms with van der Waals surface area (Å²) < 4.78 is 0. The first-order chi connectivity index (χ1) is 10.8. The second-order valence-corrected chi connectivity index (χ2v) is 8.69. The number of carbonyl (C=O) groups excluding carboxylic acids is 2. The summed E-state index contributed by atoms with van der Waals surface area (Å²) in [4.78, 5) is 29.5. The minimum absolute atomic E-state index is 0.0288. The molecule has 3 unspecified atom stereocenters. The van der Waals surface area contributed by atoms with E-state index in [9.17, 15) is 9.59 Å².